The number of rotatable bonds is 4. The van der Waals surface area contributed by atoms with Crippen molar-refractivity contribution in [3.63, 3.8) is 0 Å². The molecule has 0 spiro atoms. The lowest BCUT2D eigenvalue weighted by atomic mass is 9.91. The monoisotopic (exact) mass is 371 g/mol. The van der Waals surface area contributed by atoms with Crippen LogP contribution < -0.4 is 4.90 Å². The van der Waals surface area contributed by atoms with Gasteiger partial charge >= 0.3 is 0 Å². The first-order valence-corrected chi connectivity index (χ1v) is 8.54. The predicted molar refractivity (Wildman–Crippen MR) is 99.3 cm³/mol. The number of carbonyl (C=O) groups is 2. The molecule has 1 heterocycles. The van der Waals surface area contributed by atoms with E-state index >= 15 is 0 Å². The van der Waals surface area contributed by atoms with Crippen molar-refractivity contribution in [3.8, 4) is 5.75 Å². The van der Waals surface area contributed by atoms with Crippen LogP contribution in [0.3, 0.4) is 0 Å². The zero-order chi connectivity index (χ0) is 19.0. The maximum Gasteiger partial charge on any atom is 0.294 e. The van der Waals surface area contributed by atoms with E-state index in [0.29, 0.717) is 16.3 Å². The molecule has 1 aliphatic rings. The average molecular weight is 372 g/mol. The minimum Gasteiger partial charge on any atom is -0.508 e. The van der Waals surface area contributed by atoms with Crippen molar-refractivity contribution in [2.75, 3.05) is 4.90 Å². The molecule has 1 unspecified atom stereocenters. The van der Waals surface area contributed by atoms with Gasteiger partial charge in [-0.3, -0.25) is 14.5 Å². The summed E-state index contributed by atoms with van der Waals surface area (Å²) in [5.41, 5.74) is 1.12. The molecule has 0 radical (unpaired) electrons. The third-order valence-corrected chi connectivity index (χ3v) is 4.53. The first kappa shape index (κ1) is 18.0. The Kier molecular flexibility index (Phi) is 4.74. The van der Waals surface area contributed by atoms with Crippen molar-refractivity contribution in [2.24, 2.45) is 5.92 Å². The van der Waals surface area contributed by atoms with Crippen molar-refractivity contribution < 1.29 is 19.8 Å². The Labute approximate surface area is 156 Å². The Hall–Kier alpha value is -2.79. The SMILES string of the molecule is CC(C)C(=O)C1=C(O)C(=O)N(c2cccc(Cl)c2)C1c1ccc(O)cc1. The van der Waals surface area contributed by atoms with E-state index in [1.807, 2.05) is 0 Å². The Morgan fingerprint density at radius 2 is 1.77 bits per heavy atom. The van der Waals surface area contributed by atoms with Crippen LogP contribution in [0.4, 0.5) is 5.69 Å². The number of hydrogen-bond donors (Lipinski definition) is 2. The van der Waals surface area contributed by atoms with Crippen LogP contribution in [0.1, 0.15) is 25.5 Å². The van der Waals surface area contributed by atoms with Gasteiger partial charge in [-0.2, -0.15) is 0 Å². The van der Waals surface area contributed by atoms with Gasteiger partial charge in [0.25, 0.3) is 5.91 Å². The molecule has 0 saturated carbocycles. The molecule has 134 valence electrons. The highest BCUT2D eigenvalue weighted by molar-refractivity contribution is 6.31. The maximum absolute atomic E-state index is 12.8. The van der Waals surface area contributed by atoms with Crippen LogP contribution in [0.15, 0.2) is 59.9 Å². The van der Waals surface area contributed by atoms with Crippen molar-refractivity contribution >= 4 is 29.0 Å². The largest absolute Gasteiger partial charge is 0.508 e. The lowest BCUT2D eigenvalue weighted by Gasteiger charge is -2.27. The summed E-state index contributed by atoms with van der Waals surface area (Å²) in [6, 6.07) is 12.1. The summed E-state index contributed by atoms with van der Waals surface area (Å²) in [6.45, 7) is 3.42. The van der Waals surface area contributed by atoms with Crippen LogP contribution in [-0.4, -0.2) is 21.9 Å². The zero-order valence-electron chi connectivity index (χ0n) is 14.3. The summed E-state index contributed by atoms with van der Waals surface area (Å²) in [7, 11) is 0. The fraction of sp³-hybridized carbons (Fsp3) is 0.200. The van der Waals surface area contributed by atoms with Crippen molar-refractivity contribution in [3.05, 3.63) is 70.4 Å². The van der Waals surface area contributed by atoms with Gasteiger partial charge in [0.1, 0.15) is 5.75 Å². The number of carbonyl (C=O) groups excluding carboxylic acids is 2. The van der Waals surface area contributed by atoms with E-state index in [1.54, 1.807) is 50.2 Å². The molecule has 2 N–H and O–H groups in total. The number of Topliss-reactive ketones (excluding diaryl/α,β-unsaturated/α-hetero) is 1. The minimum atomic E-state index is -0.795. The van der Waals surface area contributed by atoms with E-state index in [-0.39, 0.29) is 23.0 Å². The fourth-order valence-corrected chi connectivity index (χ4v) is 3.22. The van der Waals surface area contributed by atoms with E-state index in [0.717, 1.165) is 0 Å². The van der Waals surface area contributed by atoms with Crippen LogP contribution >= 0.6 is 11.6 Å². The predicted octanol–water partition coefficient (Wildman–Crippen LogP) is 4.17. The molecular formula is C20H18ClNO4. The Bertz CT molecular complexity index is 902. The van der Waals surface area contributed by atoms with Crippen LogP contribution in [0.25, 0.3) is 0 Å². The normalized spacial score (nSPS) is 17.3. The molecule has 0 fully saturated rings. The Balaban J connectivity index is 2.19. The topological polar surface area (TPSA) is 77.8 Å². The van der Waals surface area contributed by atoms with Crippen LogP contribution in [0.2, 0.25) is 5.02 Å². The molecular weight excluding hydrogens is 354 g/mol. The number of anilines is 1. The van der Waals surface area contributed by atoms with Crippen LogP contribution in [0.5, 0.6) is 5.75 Å². The smallest absolute Gasteiger partial charge is 0.294 e. The number of hydrogen-bond acceptors (Lipinski definition) is 4. The van der Waals surface area contributed by atoms with Gasteiger partial charge in [0.05, 0.1) is 11.6 Å². The van der Waals surface area contributed by atoms with Gasteiger partial charge in [0, 0.05) is 16.6 Å². The second-order valence-corrected chi connectivity index (χ2v) is 6.87. The van der Waals surface area contributed by atoms with Gasteiger partial charge in [-0.15, -0.1) is 0 Å². The number of aliphatic hydroxyl groups excluding tert-OH is 1. The minimum absolute atomic E-state index is 0.0515. The molecule has 0 saturated heterocycles. The third-order valence-electron chi connectivity index (χ3n) is 4.29. The van der Waals surface area contributed by atoms with Gasteiger partial charge in [-0.1, -0.05) is 43.6 Å². The number of ketones is 1. The highest BCUT2D eigenvalue weighted by atomic mass is 35.5. The van der Waals surface area contributed by atoms with Gasteiger partial charge in [-0.25, -0.2) is 0 Å². The summed E-state index contributed by atoms with van der Waals surface area (Å²) in [5, 5.41) is 20.4. The van der Waals surface area contributed by atoms with E-state index in [2.05, 4.69) is 0 Å². The zero-order valence-corrected chi connectivity index (χ0v) is 15.1. The van der Waals surface area contributed by atoms with Crippen molar-refractivity contribution in [2.45, 2.75) is 19.9 Å². The van der Waals surface area contributed by atoms with Gasteiger partial charge < -0.3 is 10.2 Å². The summed E-state index contributed by atoms with van der Waals surface area (Å²) >= 11 is 6.06. The molecule has 5 nitrogen and oxygen atoms in total. The molecule has 0 bridgehead atoms. The first-order chi connectivity index (χ1) is 12.3. The third kappa shape index (κ3) is 3.06. The van der Waals surface area contributed by atoms with Gasteiger partial charge in [-0.05, 0) is 35.9 Å². The van der Waals surface area contributed by atoms with Crippen LogP contribution in [0, 0.1) is 5.92 Å². The molecule has 2 aromatic carbocycles. The van der Waals surface area contributed by atoms with Crippen molar-refractivity contribution in [1.29, 1.82) is 0 Å². The molecule has 6 heteroatoms. The number of phenols is 1. The molecule has 0 aromatic heterocycles. The lowest BCUT2D eigenvalue weighted by Crippen LogP contribution is -2.31. The lowest BCUT2D eigenvalue weighted by molar-refractivity contribution is -0.119. The van der Waals surface area contributed by atoms with Crippen molar-refractivity contribution in [1.82, 2.24) is 0 Å². The standard InChI is InChI=1S/C20H18ClNO4/c1-11(2)18(24)16-17(12-6-8-15(23)9-7-12)22(20(26)19(16)25)14-5-3-4-13(21)10-14/h3-11,17,23,25H,1-2H3. The molecule has 1 amide bonds. The molecule has 2 aromatic rings. The fourth-order valence-electron chi connectivity index (χ4n) is 3.03. The van der Waals surface area contributed by atoms with E-state index in [4.69, 9.17) is 11.6 Å². The number of phenolic OH excluding ortho intramolecular Hbond substituents is 1. The average Bonchev–Trinajstić information content (AvgIpc) is 2.86. The molecule has 0 aliphatic carbocycles. The number of nitrogens with zero attached hydrogens (tertiary/aromatic N) is 1. The number of aromatic hydroxyl groups is 1. The van der Waals surface area contributed by atoms with Crippen LogP contribution in [-0.2, 0) is 9.59 Å². The second kappa shape index (κ2) is 6.84. The van der Waals surface area contributed by atoms with Gasteiger partial charge in [0.2, 0.25) is 0 Å². The molecule has 1 aliphatic heterocycles. The first-order valence-electron chi connectivity index (χ1n) is 8.16. The molecule has 3 rings (SSSR count). The van der Waals surface area contributed by atoms with E-state index in [1.165, 1.54) is 17.0 Å². The number of aliphatic hydroxyl groups is 1. The highest BCUT2D eigenvalue weighted by Gasteiger charge is 2.44. The summed E-state index contributed by atoms with van der Waals surface area (Å²) in [5.74, 6) is -1.84. The summed E-state index contributed by atoms with van der Waals surface area (Å²) < 4.78 is 0. The van der Waals surface area contributed by atoms with Gasteiger partial charge in [0.15, 0.2) is 11.5 Å². The number of halogens is 1. The van der Waals surface area contributed by atoms with E-state index in [9.17, 15) is 19.8 Å². The Morgan fingerprint density at radius 1 is 1.12 bits per heavy atom. The number of amides is 1. The maximum atomic E-state index is 12.8. The highest BCUT2D eigenvalue weighted by Crippen LogP contribution is 2.42. The quantitative estimate of drug-likeness (QED) is 0.845. The summed E-state index contributed by atoms with van der Waals surface area (Å²) in [6.07, 6.45) is 0. The van der Waals surface area contributed by atoms with E-state index < -0.39 is 17.7 Å². The number of benzene rings is 2. The summed E-state index contributed by atoms with van der Waals surface area (Å²) in [4.78, 5) is 26.9. The molecule has 1 atom stereocenters. The molecule has 26 heavy (non-hydrogen) atoms. The Morgan fingerprint density at radius 3 is 2.35 bits per heavy atom. The second-order valence-electron chi connectivity index (χ2n) is 6.43.